The first kappa shape index (κ1) is 14.3. The third-order valence-electron chi connectivity index (χ3n) is 3.26. The molecule has 19 heavy (non-hydrogen) atoms. The van der Waals surface area contributed by atoms with Crippen LogP contribution >= 0.6 is 11.8 Å². The van der Waals surface area contributed by atoms with Gasteiger partial charge in [-0.05, 0) is 32.9 Å². The van der Waals surface area contributed by atoms with Gasteiger partial charge in [0, 0.05) is 13.1 Å². The number of rotatable bonds is 2. The summed E-state index contributed by atoms with van der Waals surface area (Å²) in [6.07, 6.45) is 3.10. The molecule has 1 fully saturated rings. The van der Waals surface area contributed by atoms with Gasteiger partial charge in [-0.3, -0.25) is 4.79 Å². The highest BCUT2D eigenvalue weighted by atomic mass is 32.2. The number of amides is 1. The molecule has 1 atom stereocenters. The fourth-order valence-corrected chi connectivity index (χ4v) is 3.04. The Morgan fingerprint density at radius 1 is 1.42 bits per heavy atom. The monoisotopic (exact) mass is 281 g/mol. The van der Waals surface area contributed by atoms with Crippen LogP contribution in [-0.4, -0.2) is 51.3 Å². The van der Waals surface area contributed by atoms with Crippen molar-refractivity contribution in [3.05, 3.63) is 17.1 Å². The predicted octanol–water partition coefficient (Wildman–Crippen LogP) is 1.41. The number of hydrogen-bond donors (Lipinski definition) is 1. The van der Waals surface area contributed by atoms with Crippen molar-refractivity contribution in [1.82, 2.24) is 14.9 Å². The zero-order valence-electron chi connectivity index (χ0n) is 11.5. The lowest BCUT2D eigenvalue weighted by molar-refractivity contribution is 0.0469. The molecular weight excluding hydrogens is 262 g/mol. The van der Waals surface area contributed by atoms with Gasteiger partial charge >= 0.3 is 0 Å². The summed E-state index contributed by atoms with van der Waals surface area (Å²) in [4.78, 5) is 22.9. The molecule has 0 bridgehead atoms. The Labute approximate surface area is 117 Å². The van der Waals surface area contributed by atoms with E-state index in [0.29, 0.717) is 30.2 Å². The van der Waals surface area contributed by atoms with Crippen molar-refractivity contribution in [1.29, 1.82) is 0 Å². The van der Waals surface area contributed by atoms with Crippen LogP contribution in [0.2, 0.25) is 0 Å². The lowest BCUT2D eigenvalue weighted by Crippen LogP contribution is -2.42. The topological polar surface area (TPSA) is 66.3 Å². The van der Waals surface area contributed by atoms with Crippen molar-refractivity contribution >= 4 is 17.7 Å². The molecule has 6 heteroatoms. The van der Waals surface area contributed by atoms with Gasteiger partial charge < -0.3 is 10.0 Å². The second kappa shape index (κ2) is 5.88. The molecule has 1 aliphatic heterocycles. The minimum absolute atomic E-state index is 0.0689. The molecule has 0 radical (unpaired) electrons. The van der Waals surface area contributed by atoms with Gasteiger partial charge in [0.25, 0.3) is 5.91 Å². The Morgan fingerprint density at radius 2 is 2.16 bits per heavy atom. The molecule has 1 aromatic heterocycles. The zero-order chi connectivity index (χ0) is 14.0. The molecule has 1 unspecified atom stereocenters. The minimum Gasteiger partial charge on any atom is -0.391 e. The molecule has 1 amide bonds. The first-order valence-corrected chi connectivity index (χ1v) is 7.62. The van der Waals surface area contributed by atoms with Gasteiger partial charge in [0.15, 0.2) is 0 Å². The van der Waals surface area contributed by atoms with Crippen LogP contribution in [-0.2, 0) is 0 Å². The molecule has 1 aromatic rings. The highest BCUT2D eigenvalue weighted by molar-refractivity contribution is 7.98. The van der Waals surface area contributed by atoms with Crippen molar-refractivity contribution in [2.24, 2.45) is 0 Å². The lowest BCUT2D eigenvalue weighted by Gasteiger charge is -2.30. The molecule has 0 spiro atoms. The highest BCUT2D eigenvalue weighted by Gasteiger charge is 2.27. The summed E-state index contributed by atoms with van der Waals surface area (Å²) in [5, 5.41) is 10.4. The largest absolute Gasteiger partial charge is 0.391 e. The Kier molecular flexibility index (Phi) is 4.42. The van der Waals surface area contributed by atoms with E-state index < -0.39 is 6.10 Å². The number of aromatic nitrogens is 2. The minimum atomic E-state index is -0.415. The van der Waals surface area contributed by atoms with Gasteiger partial charge in [-0.15, -0.1) is 11.8 Å². The first-order chi connectivity index (χ1) is 9.02. The highest BCUT2D eigenvalue weighted by Crippen LogP contribution is 2.23. The fraction of sp³-hybridized carbons (Fsp3) is 0.615. The molecule has 104 valence electrons. The van der Waals surface area contributed by atoms with E-state index in [1.54, 1.807) is 4.90 Å². The summed E-state index contributed by atoms with van der Waals surface area (Å²) in [6, 6.07) is 0. The Bertz CT molecular complexity index is 493. The van der Waals surface area contributed by atoms with Crippen LogP contribution in [0.4, 0.5) is 0 Å². The average molecular weight is 281 g/mol. The van der Waals surface area contributed by atoms with E-state index in [4.69, 9.17) is 0 Å². The van der Waals surface area contributed by atoms with E-state index in [1.165, 1.54) is 11.8 Å². The van der Waals surface area contributed by atoms with E-state index in [-0.39, 0.29) is 5.91 Å². The maximum Gasteiger partial charge on any atom is 0.258 e. The number of carbonyl (C=O) groups is 1. The summed E-state index contributed by atoms with van der Waals surface area (Å²) in [7, 11) is 0. The number of carbonyl (C=O) groups excluding carboxylic acids is 1. The first-order valence-electron chi connectivity index (χ1n) is 6.39. The standard InChI is InChI=1S/C13H19N3O2S/c1-8-11(12(19-3)15-9(2)14-8)13(18)16-6-4-5-10(17)7-16/h10,17H,4-7H2,1-3H3. The van der Waals surface area contributed by atoms with Gasteiger partial charge in [-0.25, -0.2) is 9.97 Å². The van der Waals surface area contributed by atoms with Crippen LogP contribution in [0.3, 0.4) is 0 Å². The van der Waals surface area contributed by atoms with Crippen molar-refractivity contribution in [3.63, 3.8) is 0 Å². The number of aryl methyl sites for hydroxylation is 2. The summed E-state index contributed by atoms with van der Waals surface area (Å²) in [5.74, 6) is 0.609. The summed E-state index contributed by atoms with van der Waals surface area (Å²) in [6.45, 7) is 4.75. The quantitative estimate of drug-likeness (QED) is 0.656. The normalized spacial score (nSPS) is 19.6. The second-order valence-electron chi connectivity index (χ2n) is 4.79. The summed E-state index contributed by atoms with van der Waals surface area (Å²) in [5.41, 5.74) is 1.29. The smallest absolute Gasteiger partial charge is 0.258 e. The molecule has 0 aliphatic carbocycles. The van der Waals surface area contributed by atoms with Crippen LogP contribution in [0.1, 0.15) is 34.7 Å². The van der Waals surface area contributed by atoms with Crippen LogP contribution in [0, 0.1) is 13.8 Å². The molecule has 5 nitrogen and oxygen atoms in total. The molecule has 2 rings (SSSR count). The van der Waals surface area contributed by atoms with E-state index in [9.17, 15) is 9.90 Å². The van der Waals surface area contributed by atoms with E-state index in [0.717, 1.165) is 17.9 Å². The van der Waals surface area contributed by atoms with Crippen molar-refractivity contribution in [2.75, 3.05) is 19.3 Å². The molecular formula is C13H19N3O2S. The second-order valence-corrected chi connectivity index (χ2v) is 5.58. The number of thioether (sulfide) groups is 1. The molecule has 1 saturated heterocycles. The van der Waals surface area contributed by atoms with Gasteiger partial charge in [0.2, 0.25) is 0 Å². The third kappa shape index (κ3) is 3.06. The van der Waals surface area contributed by atoms with E-state index >= 15 is 0 Å². The summed E-state index contributed by atoms with van der Waals surface area (Å²) >= 11 is 1.46. The lowest BCUT2D eigenvalue weighted by atomic mass is 10.1. The van der Waals surface area contributed by atoms with Crippen LogP contribution in [0.5, 0.6) is 0 Å². The number of nitrogens with zero attached hydrogens (tertiary/aromatic N) is 3. The molecule has 2 heterocycles. The van der Waals surface area contributed by atoms with Crippen molar-refractivity contribution in [3.8, 4) is 0 Å². The van der Waals surface area contributed by atoms with Gasteiger partial charge in [-0.1, -0.05) is 0 Å². The maximum absolute atomic E-state index is 12.6. The van der Waals surface area contributed by atoms with Gasteiger partial charge in [0.05, 0.1) is 17.4 Å². The zero-order valence-corrected chi connectivity index (χ0v) is 12.3. The van der Waals surface area contributed by atoms with E-state index in [2.05, 4.69) is 9.97 Å². The number of aliphatic hydroxyl groups is 1. The Hall–Kier alpha value is -1.14. The van der Waals surface area contributed by atoms with Gasteiger partial charge in [0.1, 0.15) is 10.9 Å². The van der Waals surface area contributed by atoms with E-state index in [1.807, 2.05) is 20.1 Å². The number of β-amino-alcohol motifs (C(OH)–C–C–N with tert-alkyl or cyclic N) is 1. The molecule has 1 aliphatic rings. The molecule has 1 N–H and O–H groups in total. The number of hydrogen-bond acceptors (Lipinski definition) is 5. The number of piperidine rings is 1. The molecule has 0 saturated carbocycles. The number of aliphatic hydroxyl groups excluding tert-OH is 1. The Balaban J connectivity index is 2.32. The summed E-state index contributed by atoms with van der Waals surface area (Å²) < 4.78 is 0. The maximum atomic E-state index is 12.6. The molecule has 0 aromatic carbocycles. The van der Waals surface area contributed by atoms with Gasteiger partial charge in [-0.2, -0.15) is 0 Å². The third-order valence-corrected chi connectivity index (χ3v) is 3.94. The fourth-order valence-electron chi connectivity index (χ4n) is 2.37. The SMILES string of the molecule is CSc1nc(C)nc(C)c1C(=O)N1CCCC(O)C1. The average Bonchev–Trinajstić information content (AvgIpc) is 2.37. The van der Waals surface area contributed by atoms with Crippen LogP contribution in [0.25, 0.3) is 0 Å². The van der Waals surface area contributed by atoms with Crippen LogP contribution in [0.15, 0.2) is 5.03 Å². The van der Waals surface area contributed by atoms with Crippen molar-refractivity contribution < 1.29 is 9.90 Å². The van der Waals surface area contributed by atoms with Crippen LogP contribution < -0.4 is 0 Å². The number of likely N-dealkylation sites (tertiary alicyclic amines) is 1. The van der Waals surface area contributed by atoms with Crippen molar-refractivity contribution in [2.45, 2.75) is 37.8 Å². The Morgan fingerprint density at radius 3 is 2.79 bits per heavy atom. The predicted molar refractivity (Wildman–Crippen MR) is 74.4 cm³/mol.